The normalized spacial score (nSPS) is 10.5. The van der Waals surface area contributed by atoms with Crippen molar-refractivity contribution in [1.29, 1.82) is 0 Å². The maximum absolute atomic E-state index is 11.6. The number of carbonyl (C=O) groups is 1. The Morgan fingerprint density at radius 1 is 1.14 bits per heavy atom. The molecule has 4 nitrogen and oxygen atoms in total. The smallest absolute Gasteiger partial charge is 0.226 e. The molecule has 0 unspecified atom stereocenters. The second kappa shape index (κ2) is 7.22. The van der Waals surface area contributed by atoms with Crippen LogP contribution >= 0.6 is 15.9 Å². The molecule has 0 spiro atoms. The third kappa shape index (κ3) is 4.86. The van der Waals surface area contributed by atoms with E-state index in [0.29, 0.717) is 6.54 Å². The number of nitrogens with one attached hydrogen (secondary N) is 2. The lowest BCUT2D eigenvalue weighted by Gasteiger charge is -2.10. The van der Waals surface area contributed by atoms with E-state index in [1.54, 1.807) is 0 Å². The van der Waals surface area contributed by atoms with Gasteiger partial charge < -0.3 is 10.6 Å². The second-order valence-corrected chi connectivity index (χ2v) is 5.84. The Kier molecular flexibility index (Phi) is 5.33. The molecule has 5 heteroatoms. The molecule has 2 aromatic rings. The maximum atomic E-state index is 11.6. The van der Waals surface area contributed by atoms with Gasteiger partial charge in [0.05, 0.1) is 12.2 Å². The lowest BCUT2D eigenvalue weighted by atomic mass is 10.2. The van der Waals surface area contributed by atoms with Gasteiger partial charge in [-0.3, -0.25) is 4.79 Å². The Hall–Kier alpha value is -1.88. The molecule has 1 aromatic heterocycles. The Bertz CT molecular complexity index is 611. The van der Waals surface area contributed by atoms with Crippen molar-refractivity contribution in [2.45, 2.75) is 20.4 Å². The second-order valence-electron chi connectivity index (χ2n) is 5.03. The number of hydrogen-bond donors (Lipinski definition) is 2. The lowest BCUT2D eigenvalue weighted by molar-refractivity contribution is -0.118. The minimum absolute atomic E-state index is 0.0223. The van der Waals surface area contributed by atoms with Crippen molar-refractivity contribution in [3.05, 3.63) is 52.8 Å². The predicted molar refractivity (Wildman–Crippen MR) is 89.2 cm³/mol. The fourth-order valence-electron chi connectivity index (χ4n) is 1.70. The van der Waals surface area contributed by atoms with E-state index in [0.717, 1.165) is 21.7 Å². The average molecular weight is 348 g/mol. The molecule has 21 heavy (non-hydrogen) atoms. The number of anilines is 2. The van der Waals surface area contributed by atoms with Gasteiger partial charge in [-0.25, -0.2) is 4.98 Å². The first-order valence-corrected chi connectivity index (χ1v) is 7.60. The van der Waals surface area contributed by atoms with Gasteiger partial charge in [-0.05, 0) is 52.3 Å². The molecule has 0 aliphatic rings. The summed E-state index contributed by atoms with van der Waals surface area (Å²) < 4.78 is 0.827. The summed E-state index contributed by atoms with van der Waals surface area (Å²) in [6.45, 7) is 4.39. The zero-order valence-electron chi connectivity index (χ0n) is 12.1. The Morgan fingerprint density at radius 3 is 2.43 bits per heavy atom. The fraction of sp³-hybridized carbons (Fsp3) is 0.250. The maximum Gasteiger partial charge on any atom is 0.226 e. The number of carbonyl (C=O) groups excluding carboxylic acids is 1. The summed E-state index contributed by atoms with van der Waals surface area (Å²) in [4.78, 5) is 16.0. The number of halogens is 1. The number of aromatic nitrogens is 1. The first kappa shape index (κ1) is 15.5. The van der Waals surface area contributed by atoms with Gasteiger partial charge in [0.25, 0.3) is 0 Å². The molecule has 0 fully saturated rings. The van der Waals surface area contributed by atoms with Gasteiger partial charge in [-0.15, -0.1) is 0 Å². The van der Waals surface area contributed by atoms with E-state index in [4.69, 9.17) is 0 Å². The largest absolute Gasteiger partial charge is 0.379 e. The lowest BCUT2D eigenvalue weighted by Crippen LogP contribution is -2.17. The number of pyridine rings is 1. The zero-order chi connectivity index (χ0) is 15.2. The first-order chi connectivity index (χ1) is 10.0. The van der Waals surface area contributed by atoms with Gasteiger partial charge in [0, 0.05) is 17.3 Å². The fourth-order valence-corrected chi connectivity index (χ4v) is 2.08. The topological polar surface area (TPSA) is 54.0 Å². The number of benzene rings is 1. The highest BCUT2D eigenvalue weighted by Gasteiger charge is 2.06. The van der Waals surface area contributed by atoms with Crippen molar-refractivity contribution in [1.82, 2.24) is 4.98 Å². The molecule has 0 atom stereocenters. The third-order valence-corrected chi connectivity index (χ3v) is 3.36. The van der Waals surface area contributed by atoms with E-state index in [9.17, 15) is 4.79 Å². The summed E-state index contributed by atoms with van der Waals surface area (Å²) in [5, 5.41) is 6.16. The zero-order valence-corrected chi connectivity index (χ0v) is 13.6. The molecular weight excluding hydrogens is 330 g/mol. The molecule has 2 rings (SSSR count). The summed E-state index contributed by atoms with van der Waals surface area (Å²) in [5.41, 5.74) is 2.75. The molecule has 110 valence electrons. The number of hydrogen-bond acceptors (Lipinski definition) is 3. The van der Waals surface area contributed by atoms with Gasteiger partial charge in [0.2, 0.25) is 5.91 Å². The van der Waals surface area contributed by atoms with Crippen molar-refractivity contribution in [2.75, 3.05) is 10.6 Å². The summed E-state index contributed by atoms with van der Waals surface area (Å²) in [5.74, 6) is -0.000511. The molecule has 1 heterocycles. The van der Waals surface area contributed by atoms with E-state index in [-0.39, 0.29) is 11.8 Å². The first-order valence-electron chi connectivity index (χ1n) is 6.81. The van der Waals surface area contributed by atoms with Crippen LogP contribution in [-0.2, 0) is 11.3 Å². The highest BCUT2D eigenvalue weighted by Crippen LogP contribution is 2.15. The number of rotatable bonds is 5. The molecule has 0 aliphatic heterocycles. The Balaban J connectivity index is 1.92. The monoisotopic (exact) mass is 347 g/mol. The molecule has 2 N–H and O–H groups in total. The predicted octanol–water partition coefficient (Wildman–Crippen LogP) is 4.05. The molecule has 0 aliphatic carbocycles. The minimum atomic E-state index is -0.0228. The Morgan fingerprint density at radius 2 is 1.81 bits per heavy atom. The van der Waals surface area contributed by atoms with Crippen LogP contribution in [0.5, 0.6) is 0 Å². The SMILES string of the molecule is CC(C)C(=O)Nc1ccc(NCc2cccc(Br)n2)cc1. The van der Waals surface area contributed by atoms with Crippen molar-refractivity contribution in [2.24, 2.45) is 5.92 Å². The van der Waals surface area contributed by atoms with Crippen molar-refractivity contribution >= 4 is 33.2 Å². The minimum Gasteiger partial charge on any atom is -0.379 e. The van der Waals surface area contributed by atoms with Gasteiger partial charge in [-0.1, -0.05) is 19.9 Å². The third-order valence-electron chi connectivity index (χ3n) is 2.92. The standard InChI is InChI=1S/C16H18BrN3O/c1-11(2)16(21)20-13-8-6-12(7-9-13)18-10-14-4-3-5-15(17)19-14/h3-9,11,18H,10H2,1-2H3,(H,20,21). The van der Waals surface area contributed by atoms with Gasteiger partial charge >= 0.3 is 0 Å². The van der Waals surface area contributed by atoms with Crippen LogP contribution in [0.4, 0.5) is 11.4 Å². The summed E-state index contributed by atoms with van der Waals surface area (Å²) in [6, 6.07) is 13.5. The molecule has 0 saturated heterocycles. The molecular formula is C16H18BrN3O. The van der Waals surface area contributed by atoms with Crippen molar-refractivity contribution in [3.63, 3.8) is 0 Å². The van der Waals surface area contributed by atoms with Crippen molar-refractivity contribution < 1.29 is 4.79 Å². The number of nitrogens with zero attached hydrogens (tertiary/aromatic N) is 1. The van der Waals surface area contributed by atoms with E-state index in [1.165, 1.54) is 0 Å². The van der Waals surface area contributed by atoms with Crippen LogP contribution in [0.1, 0.15) is 19.5 Å². The van der Waals surface area contributed by atoms with Crippen LogP contribution in [0, 0.1) is 5.92 Å². The molecule has 0 radical (unpaired) electrons. The van der Waals surface area contributed by atoms with Crippen LogP contribution in [0.3, 0.4) is 0 Å². The summed E-state index contributed by atoms with van der Waals surface area (Å²) in [6.07, 6.45) is 0. The highest BCUT2D eigenvalue weighted by atomic mass is 79.9. The quantitative estimate of drug-likeness (QED) is 0.802. The number of amides is 1. The Labute approximate surface area is 133 Å². The molecule has 0 bridgehead atoms. The van der Waals surface area contributed by atoms with Gasteiger partial charge in [0.1, 0.15) is 4.60 Å². The van der Waals surface area contributed by atoms with Crippen LogP contribution in [0.25, 0.3) is 0 Å². The van der Waals surface area contributed by atoms with Gasteiger partial charge in [-0.2, -0.15) is 0 Å². The van der Waals surface area contributed by atoms with E-state index in [1.807, 2.05) is 56.3 Å². The summed E-state index contributed by atoms with van der Waals surface area (Å²) >= 11 is 3.35. The van der Waals surface area contributed by atoms with Crippen LogP contribution < -0.4 is 10.6 Å². The van der Waals surface area contributed by atoms with Crippen LogP contribution in [-0.4, -0.2) is 10.9 Å². The molecule has 1 amide bonds. The highest BCUT2D eigenvalue weighted by molar-refractivity contribution is 9.10. The van der Waals surface area contributed by atoms with E-state index >= 15 is 0 Å². The van der Waals surface area contributed by atoms with E-state index in [2.05, 4.69) is 31.5 Å². The van der Waals surface area contributed by atoms with Crippen molar-refractivity contribution in [3.8, 4) is 0 Å². The molecule has 0 saturated carbocycles. The van der Waals surface area contributed by atoms with Crippen LogP contribution in [0.15, 0.2) is 47.1 Å². The molecule has 1 aromatic carbocycles. The average Bonchev–Trinajstić information content (AvgIpc) is 2.46. The van der Waals surface area contributed by atoms with E-state index < -0.39 is 0 Å². The van der Waals surface area contributed by atoms with Gasteiger partial charge in [0.15, 0.2) is 0 Å². The van der Waals surface area contributed by atoms with Crippen LogP contribution in [0.2, 0.25) is 0 Å². The summed E-state index contributed by atoms with van der Waals surface area (Å²) in [7, 11) is 0.